The first-order chi connectivity index (χ1) is 10.6. The van der Waals surface area contributed by atoms with Crippen LogP contribution in [0.15, 0.2) is 46.2 Å². The Morgan fingerprint density at radius 1 is 1.50 bits per heavy atom. The number of aromatic nitrogens is 1. The summed E-state index contributed by atoms with van der Waals surface area (Å²) in [6, 6.07) is 9.02. The summed E-state index contributed by atoms with van der Waals surface area (Å²) in [4.78, 5) is 16.6. The molecule has 2 aromatic rings. The lowest BCUT2D eigenvalue weighted by molar-refractivity contribution is -0.121. The van der Waals surface area contributed by atoms with Gasteiger partial charge in [-0.2, -0.15) is 5.26 Å². The molecule has 0 saturated carbocycles. The molecule has 22 heavy (non-hydrogen) atoms. The molecule has 1 amide bonds. The second kappa shape index (κ2) is 7.66. The van der Waals surface area contributed by atoms with Gasteiger partial charge in [0.2, 0.25) is 5.91 Å². The Labute approximate surface area is 133 Å². The summed E-state index contributed by atoms with van der Waals surface area (Å²) in [5.41, 5.74) is 0.538. The van der Waals surface area contributed by atoms with Crippen molar-refractivity contribution < 1.29 is 9.21 Å². The van der Waals surface area contributed by atoms with E-state index in [0.29, 0.717) is 22.9 Å². The first kappa shape index (κ1) is 16.1. The van der Waals surface area contributed by atoms with Crippen molar-refractivity contribution in [3.05, 3.63) is 48.0 Å². The van der Waals surface area contributed by atoms with Gasteiger partial charge in [-0.25, -0.2) is 4.98 Å². The molecule has 2 rings (SSSR count). The fourth-order valence-corrected chi connectivity index (χ4v) is 2.89. The van der Waals surface area contributed by atoms with Crippen LogP contribution in [0.25, 0.3) is 0 Å². The maximum atomic E-state index is 12.4. The smallest absolute Gasteiger partial charge is 0.234 e. The molecule has 2 aromatic heterocycles. The summed E-state index contributed by atoms with van der Waals surface area (Å²) in [5, 5.41) is 12.2. The Hall–Kier alpha value is -2.26. The number of rotatable bonds is 6. The number of carbonyl (C=O) groups is 1. The molecule has 1 unspecified atom stereocenters. The number of hydrogen-bond donors (Lipinski definition) is 1. The lowest BCUT2D eigenvalue weighted by Crippen LogP contribution is -2.35. The molecule has 2 heterocycles. The molecule has 0 bridgehead atoms. The van der Waals surface area contributed by atoms with Gasteiger partial charge in [-0.3, -0.25) is 4.79 Å². The predicted octanol–water partition coefficient (Wildman–Crippen LogP) is 2.98. The van der Waals surface area contributed by atoms with Gasteiger partial charge in [-0.05, 0) is 30.2 Å². The number of hydrogen-bond acceptors (Lipinski definition) is 5. The van der Waals surface area contributed by atoms with Crippen LogP contribution in [0.5, 0.6) is 0 Å². The molecule has 1 N–H and O–H groups in total. The number of amides is 1. The van der Waals surface area contributed by atoms with Crippen LogP contribution < -0.4 is 5.32 Å². The molecule has 0 aliphatic carbocycles. The lowest BCUT2D eigenvalue weighted by atomic mass is 10.1. The third-order valence-electron chi connectivity index (χ3n) is 2.99. The number of nitrogens with zero attached hydrogens (tertiary/aromatic N) is 2. The van der Waals surface area contributed by atoms with Crippen molar-refractivity contribution >= 4 is 17.7 Å². The van der Waals surface area contributed by atoms with Crippen molar-refractivity contribution in [2.24, 2.45) is 5.92 Å². The highest BCUT2D eigenvalue weighted by atomic mass is 32.2. The van der Waals surface area contributed by atoms with Crippen molar-refractivity contribution in [3.8, 4) is 6.07 Å². The first-order valence-electron chi connectivity index (χ1n) is 6.93. The number of nitrogens with one attached hydrogen (secondary N) is 1. The van der Waals surface area contributed by atoms with E-state index in [9.17, 15) is 4.79 Å². The van der Waals surface area contributed by atoms with Crippen LogP contribution in [0.1, 0.15) is 25.2 Å². The van der Waals surface area contributed by atoms with E-state index in [4.69, 9.17) is 9.68 Å². The highest BCUT2D eigenvalue weighted by Crippen LogP contribution is 2.27. The average molecular weight is 315 g/mol. The molecule has 114 valence electrons. The number of furan rings is 1. The van der Waals surface area contributed by atoms with Crippen molar-refractivity contribution in [1.29, 1.82) is 5.26 Å². The van der Waals surface area contributed by atoms with Crippen LogP contribution in [0.3, 0.4) is 0 Å². The van der Waals surface area contributed by atoms with Crippen LogP contribution in [0, 0.1) is 17.2 Å². The van der Waals surface area contributed by atoms with Crippen molar-refractivity contribution in [2.75, 3.05) is 0 Å². The molecule has 0 aliphatic rings. The summed E-state index contributed by atoms with van der Waals surface area (Å²) in [6.45, 7) is 4.33. The molecule has 0 aromatic carbocycles. The molecule has 0 aliphatic heterocycles. The molecular formula is C16H17N3O2S. The van der Waals surface area contributed by atoms with Crippen LogP contribution in [-0.2, 0) is 11.3 Å². The fourth-order valence-electron chi connectivity index (χ4n) is 1.85. The van der Waals surface area contributed by atoms with Gasteiger partial charge in [0.15, 0.2) is 0 Å². The molecule has 0 saturated heterocycles. The third-order valence-corrected chi connectivity index (χ3v) is 4.47. The second-order valence-corrected chi connectivity index (χ2v) is 6.24. The minimum absolute atomic E-state index is 0.0689. The van der Waals surface area contributed by atoms with E-state index in [2.05, 4.69) is 16.4 Å². The topological polar surface area (TPSA) is 78.9 Å². The zero-order valence-electron chi connectivity index (χ0n) is 12.4. The number of thioether (sulfide) groups is 1. The van der Waals surface area contributed by atoms with Crippen molar-refractivity contribution in [2.45, 2.75) is 30.7 Å². The van der Waals surface area contributed by atoms with Crippen molar-refractivity contribution in [3.63, 3.8) is 0 Å². The van der Waals surface area contributed by atoms with E-state index in [1.807, 2.05) is 19.9 Å². The predicted molar refractivity (Wildman–Crippen MR) is 84.0 cm³/mol. The summed E-state index contributed by atoms with van der Waals surface area (Å²) in [5.74, 6) is 0.778. The Morgan fingerprint density at radius 2 is 2.32 bits per heavy atom. The maximum absolute atomic E-state index is 12.4. The van der Waals surface area contributed by atoms with Crippen molar-refractivity contribution in [1.82, 2.24) is 10.3 Å². The number of pyridine rings is 1. The van der Waals surface area contributed by atoms with Gasteiger partial charge in [-0.15, -0.1) is 0 Å². The second-order valence-electron chi connectivity index (χ2n) is 5.07. The van der Waals surface area contributed by atoms with Gasteiger partial charge in [0.25, 0.3) is 0 Å². The van der Waals surface area contributed by atoms with Gasteiger partial charge >= 0.3 is 0 Å². The van der Waals surface area contributed by atoms with Crippen LogP contribution in [0.2, 0.25) is 0 Å². The van der Waals surface area contributed by atoms with Crippen LogP contribution in [0.4, 0.5) is 0 Å². The zero-order chi connectivity index (χ0) is 15.9. The summed E-state index contributed by atoms with van der Waals surface area (Å²) in [6.07, 6.45) is 3.16. The Morgan fingerprint density at radius 3 is 2.95 bits per heavy atom. The summed E-state index contributed by atoms with van der Waals surface area (Å²) >= 11 is 1.37. The third kappa shape index (κ3) is 4.37. The Balaban J connectivity index is 2.02. The normalized spacial score (nSPS) is 11.9. The van der Waals surface area contributed by atoms with E-state index in [-0.39, 0.29) is 17.1 Å². The van der Waals surface area contributed by atoms with Crippen LogP contribution in [-0.4, -0.2) is 16.1 Å². The first-order valence-corrected chi connectivity index (χ1v) is 7.81. The van der Waals surface area contributed by atoms with E-state index in [1.54, 1.807) is 30.7 Å². The number of carbonyl (C=O) groups excluding carboxylic acids is 1. The molecule has 5 nitrogen and oxygen atoms in total. The quantitative estimate of drug-likeness (QED) is 0.829. The standard InChI is InChI=1S/C16H17N3O2S/c1-11(2)15(16(20)19-10-13-4-3-7-21-13)22-14-8-12(9-17)5-6-18-14/h3-8,11,15H,10H2,1-2H3,(H,19,20). The zero-order valence-corrected chi connectivity index (χ0v) is 13.3. The van der Waals surface area contributed by atoms with Gasteiger partial charge in [0.05, 0.1) is 34.7 Å². The fraction of sp³-hybridized carbons (Fsp3) is 0.312. The molecule has 0 spiro atoms. The van der Waals surface area contributed by atoms with Gasteiger partial charge < -0.3 is 9.73 Å². The minimum atomic E-state index is -0.281. The highest BCUT2D eigenvalue weighted by Gasteiger charge is 2.24. The summed E-state index contributed by atoms with van der Waals surface area (Å²) in [7, 11) is 0. The van der Waals surface area contributed by atoms with Gasteiger partial charge in [0, 0.05) is 6.20 Å². The maximum Gasteiger partial charge on any atom is 0.234 e. The van der Waals surface area contributed by atoms with E-state index in [1.165, 1.54) is 11.8 Å². The van der Waals surface area contributed by atoms with Gasteiger partial charge in [-0.1, -0.05) is 25.6 Å². The van der Waals surface area contributed by atoms with E-state index < -0.39 is 0 Å². The van der Waals surface area contributed by atoms with E-state index >= 15 is 0 Å². The number of nitriles is 1. The monoisotopic (exact) mass is 315 g/mol. The van der Waals surface area contributed by atoms with E-state index in [0.717, 1.165) is 0 Å². The lowest BCUT2D eigenvalue weighted by Gasteiger charge is -2.19. The molecule has 1 atom stereocenters. The molecule has 0 fully saturated rings. The Kier molecular flexibility index (Phi) is 5.61. The molecule has 6 heteroatoms. The Bertz CT molecular complexity index is 662. The average Bonchev–Trinajstić information content (AvgIpc) is 3.03. The summed E-state index contributed by atoms with van der Waals surface area (Å²) < 4.78 is 5.20. The molecule has 0 radical (unpaired) electrons. The highest BCUT2D eigenvalue weighted by molar-refractivity contribution is 8.00. The SMILES string of the molecule is CC(C)C(Sc1cc(C#N)ccn1)C(=O)NCc1ccco1. The molecular weight excluding hydrogens is 298 g/mol. The largest absolute Gasteiger partial charge is 0.467 e. The van der Waals surface area contributed by atoms with Crippen LogP contribution >= 0.6 is 11.8 Å². The minimum Gasteiger partial charge on any atom is -0.467 e. The van der Waals surface area contributed by atoms with Gasteiger partial charge in [0.1, 0.15) is 5.76 Å².